The molecule has 0 radical (unpaired) electrons. The van der Waals surface area contributed by atoms with Crippen molar-refractivity contribution >= 4 is 0 Å². The van der Waals surface area contributed by atoms with Gasteiger partial charge in [0.05, 0.1) is 0 Å². The summed E-state index contributed by atoms with van der Waals surface area (Å²) in [6, 6.07) is 0. The van der Waals surface area contributed by atoms with Gasteiger partial charge in [0, 0.05) is 5.41 Å². The molecule has 2 bridgehead atoms. The maximum Gasteiger partial charge on any atom is 0.00642 e. The van der Waals surface area contributed by atoms with Crippen LogP contribution >= 0.6 is 0 Å². The van der Waals surface area contributed by atoms with E-state index in [-0.39, 0.29) is 0 Å². The minimum Gasteiger partial charge on any atom is -0.106 e. The molecule has 2 rings (SSSR count). The molecule has 0 heterocycles. The average molecular weight is 232 g/mol. The number of fused-ring (bicyclic) bond motifs is 2. The van der Waals surface area contributed by atoms with E-state index in [1.165, 1.54) is 38.5 Å². The zero-order chi connectivity index (χ0) is 13.1. The molecule has 2 aliphatic carbocycles. The first-order valence-corrected chi connectivity index (χ1v) is 6.70. The van der Waals surface area contributed by atoms with E-state index in [1.54, 1.807) is 0 Å². The Balaban J connectivity index is 0.000000283. The van der Waals surface area contributed by atoms with E-state index in [0.29, 0.717) is 5.41 Å². The molecular formula is C17H28. The van der Waals surface area contributed by atoms with Crippen LogP contribution in [0.15, 0.2) is 50.6 Å². The molecule has 96 valence electrons. The zero-order valence-electron chi connectivity index (χ0n) is 11.5. The lowest BCUT2D eigenvalue weighted by Gasteiger charge is -2.16. The van der Waals surface area contributed by atoms with E-state index >= 15 is 0 Å². The number of rotatable bonds is 4. The predicted octanol–water partition coefficient (Wildman–Crippen LogP) is 5.69. The molecule has 0 aromatic heterocycles. The molecule has 0 N–H and O–H groups in total. The highest BCUT2D eigenvalue weighted by molar-refractivity contribution is 5.21. The Bertz CT molecular complexity index is 249. The lowest BCUT2D eigenvalue weighted by atomic mass is 9.88. The topological polar surface area (TPSA) is 0 Å². The summed E-state index contributed by atoms with van der Waals surface area (Å²) in [5.74, 6) is 0.892. The summed E-state index contributed by atoms with van der Waals surface area (Å²) in [6.07, 6.45) is 16.6. The average Bonchev–Trinajstić information content (AvgIpc) is 3.00. The number of hydrogen-bond donors (Lipinski definition) is 0. The van der Waals surface area contributed by atoms with Gasteiger partial charge in [-0.05, 0) is 31.6 Å². The van der Waals surface area contributed by atoms with Crippen LogP contribution in [0.4, 0.5) is 0 Å². The minimum absolute atomic E-state index is 0.435. The summed E-state index contributed by atoms with van der Waals surface area (Å²) in [4.78, 5) is 0. The third-order valence-corrected chi connectivity index (χ3v) is 3.49. The third-order valence-electron chi connectivity index (χ3n) is 3.49. The van der Waals surface area contributed by atoms with Gasteiger partial charge in [-0.15, -0.1) is 26.3 Å². The van der Waals surface area contributed by atoms with Gasteiger partial charge in [-0.2, -0.15) is 0 Å². The van der Waals surface area contributed by atoms with Crippen molar-refractivity contribution in [1.82, 2.24) is 0 Å². The van der Waals surface area contributed by atoms with Crippen molar-refractivity contribution in [1.29, 1.82) is 0 Å². The van der Waals surface area contributed by atoms with E-state index in [1.807, 2.05) is 6.08 Å². The van der Waals surface area contributed by atoms with Crippen LogP contribution in [0.5, 0.6) is 0 Å². The summed E-state index contributed by atoms with van der Waals surface area (Å²) in [5.41, 5.74) is 0.435. The first-order chi connectivity index (χ1) is 8.26. The van der Waals surface area contributed by atoms with Crippen LogP contribution in [0.2, 0.25) is 0 Å². The molecule has 2 unspecified atom stereocenters. The van der Waals surface area contributed by atoms with Gasteiger partial charge in [-0.1, -0.05) is 44.1 Å². The molecular weight excluding hydrogens is 204 g/mol. The van der Waals surface area contributed by atoms with Crippen LogP contribution in [0.25, 0.3) is 0 Å². The van der Waals surface area contributed by atoms with Crippen LogP contribution in [0.3, 0.4) is 0 Å². The quantitative estimate of drug-likeness (QED) is 0.431. The standard InChI is InChI=1S/C9H12.C6H12.C2H4/c1-2-9-5-3-8(7-9)4-6-9;1-3-5-6-4-2;1-2/h2-3,5,8H,1,4,6-7H2;3H,1,4-6H2,2H3;1-2H2. The van der Waals surface area contributed by atoms with E-state index in [2.05, 4.69) is 51.5 Å². The second kappa shape index (κ2) is 9.04. The number of unbranched alkanes of at least 4 members (excludes halogenated alkanes) is 2. The highest BCUT2D eigenvalue weighted by Gasteiger charge is 2.37. The largest absolute Gasteiger partial charge is 0.106 e. The molecule has 0 aromatic carbocycles. The van der Waals surface area contributed by atoms with Gasteiger partial charge in [0.25, 0.3) is 0 Å². The Kier molecular flexibility index (Phi) is 8.49. The van der Waals surface area contributed by atoms with Crippen LogP contribution in [-0.2, 0) is 0 Å². The molecule has 2 atom stereocenters. The zero-order valence-corrected chi connectivity index (χ0v) is 11.5. The lowest BCUT2D eigenvalue weighted by Crippen LogP contribution is -2.05. The Morgan fingerprint density at radius 3 is 2.24 bits per heavy atom. The second-order valence-corrected chi connectivity index (χ2v) is 4.73. The Morgan fingerprint density at radius 2 is 2.06 bits per heavy atom. The van der Waals surface area contributed by atoms with Crippen molar-refractivity contribution in [2.75, 3.05) is 0 Å². The van der Waals surface area contributed by atoms with Crippen molar-refractivity contribution < 1.29 is 0 Å². The minimum atomic E-state index is 0.435. The molecule has 0 nitrogen and oxygen atoms in total. The van der Waals surface area contributed by atoms with Gasteiger partial charge in [-0.3, -0.25) is 0 Å². The molecule has 0 amide bonds. The normalized spacial score (nSPS) is 27.5. The fraction of sp³-hybridized carbons (Fsp3) is 0.529. The van der Waals surface area contributed by atoms with Crippen LogP contribution < -0.4 is 0 Å². The van der Waals surface area contributed by atoms with Crippen molar-refractivity contribution in [2.45, 2.75) is 45.4 Å². The monoisotopic (exact) mass is 232 g/mol. The van der Waals surface area contributed by atoms with E-state index in [4.69, 9.17) is 0 Å². The number of allylic oxidation sites excluding steroid dienone is 4. The fourth-order valence-electron chi connectivity index (χ4n) is 2.39. The van der Waals surface area contributed by atoms with Gasteiger partial charge in [0.1, 0.15) is 0 Å². The Hall–Kier alpha value is -1.04. The van der Waals surface area contributed by atoms with Gasteiger partial charge in [-0.25, -0.2) is 0 Å². The molecule has 0 aliphatic heterocycles. The molecule has 0 saturated heterocycles. The van der Waals surface area contributed by atoms with Crippen LogP contribution in [0, 0.1) is 11.3 Å². The Morgan fingerprint density at radius 1 is 1.35 bits per heavy atom. The van der Waals surface area contributed by atoms with Gasteiger partial charge >= 0.3 is 0 Å². The summed E-state index contributed by atoms with van der Waals surface area (Å²) in [5, 5.41) is 0. The Labute approximate surface area is 108 Å². The second-order valence-electron chi connectivity index (χ2n) is 4.73. The smallest absolute Gasteiger partial charge is 0.00642 e. The molecule has 1 saturated carbocycles. The van der Waals surface area contributed by atoms with Crippen molar-refractivity contribution in [3.8, 4) is 0 Å². The molecule has 0 spiro atoms. The molecule has 1 fully saturated rings. The highest BCUT2D eigenvalue weighted by Crippen LogP contribution is 2.49. The molecule has 17 heavy (non-hydrogen) atoms. The number of hydrogen-bond acceptors (Lipinski definition) is 0. The van der Waals surface area contributed by atoms with Crippen molar-refractivity contribution in [2.24, 2.45) is 11.3 Å². The van der Waals surface area contributed by atoms with Gasteiger partial charge in [0.15, 0.2) is 0 Å². The first kappa shape index (κ1) is 16.0. The molecule has 2 aliphatic rings. The van der Waals surface area contributed by atoms with Crippen molar-refractivity contribution in [3.63, 3.8) is 0 Å². The third kappa shape index (κ3) is 5.21. The summed E-state index contributed by atoms with van der Waals surface area (Å²) >= 11 is 0. The van der Waals surface area contributed by atoms with Crippen LogP contribution in [0.1, 0.15) is 45.4 Å². The molecule has 0 aromatic rings. The first-order valence-electron chi connectivity index (χ1n) is 6.70. The summed E-state index contributed by atoms with van der Waals surface area (Å²) in [6.45, 7) is 15.6. The van der Waals surface area contributed by atoms with Gasteiger partial charge < -0.3 is 0 Å². The van der Waals surface area contributed by atoms with E-state index in [9.17, 15) is 0 Å². The van der Waals surface area contributed by atoms with Crippen LogP contribution in [-0.4, -0.2) is 0 Å². The molecule has 0 heteroatoms. The summed E-state index contributed by atoms with van der Waals surface area (Å²) in [7, 11) is 0. The highest BCUT2D eigenvalue weighted by atomic mass is 14.4. The van der Waals surface area contributed by atoms with E-state index < -0.39 is 0 Å². The fourth-order valence-corrected chi connectivity index (χ4v) is 2.39. The SMILES string of the molecule is C=C.C=CC12C=CC(CC1)C2.C=CCCCC. The van der Waals surface area contributed by atoms with Crippen molar-refractivity contribution in [3.05, 3.63) is 50.6 Å². The lowest BCUT2D eigenvalue weighted by molar-refractivity contribution is 0.525. The van der Waals surface area contributed by atoms with Gasteiger partial charge in [0.2, 0.25) is 0 Å². The maximum atomic E-state index is 3.86. The summed E-state index contributed by atoms with van der Waals surface area (Å²) < 4.78 is 0. The predicted molar refractivity (Wildman–Crippen MR) is 80.1 cm³/mol. The van der Waals surface area contributed by atoms with E-state index in [0.717, 1.165) is 5.92 Å². The maximum absolute atomic E-state index is 3.86.